The van der Waals surface area contributed by atoms with E-state index >= 15 is 0 Å². The average molecular weight is 1920 g/mol. The van der Waals surface area contributed by atoms with Crippen molar-refractivity contribution in [2.75, 3.05) is 63.0 Å². The quantitative estimate of drug-likeness (QED) is 0.0161. The van der Waals surface area contributed by atoms with Crippen LogP contribution in [0.25, 0.3) is 65.7 Å². The van der Waals surface area contributed by atoms with Gasteiger partial charge >= 0.3 is 53.7 Å². The number of rotatable bonds is 29. The summed E-state index contributed by atoms with van der Waals surface area (Å²) in [6.07, 6.45) is -19.0. The van der Waals surface area contributed by atoms with E-state index in [2.05, 4.69) is 10.6 Å². The first-order valence-electron chi connectivity index (χ1n) is 43.2. The summed E-state index contributed by atoms with van der Waals surface area (Å²) >= 11 is 0. The van der Waals surface area contributed by atoms with Gasteiger partial charge in [-0.1, -0.05) is 18.2 Å². The molecule has 0 amide bonds. The van der Waals surface area contributed by atoms with Crippen LogP contribution in [-0.4, -0.2) is 267 Å². The molecule has 0 aliphatic carbocycles. The van der Waals surface area contributed by atoms with Gasteiger partial charge in [-0.25, -0.2) is 14.4 Å². The van der Waals surface area contributed by atoms with Gasteiger partial charge in [0.05, 0.1) is 89.7 Å². The zero-order valence-corrected chi connectivity index (χ0v) is 75.6. The predicted molar refractivity (Wildman–Crippen MR) is 470 cm³/mol. The lowest BCUT2D eigenvalue weighted by molar-refractivity contribution is -0.268. The number of carbonyl (C=O) groups excluding carboxylic acids is 5. The van der Waals surface area contributed by atoms with Gasteiger partial charge in [0, 0.05) is 76.2 Å². The number of aliphatic hydroxyl groups excluding tert-OH is 5. The smallest absolute Gasteiger partial charge is 0.339 e. The third-order valence-electron chi connectivity index (χ3n) is 24.7. The number of carboxylic acids is 4. The van der Waals surface area contributed by atoms with E-state index in [1.165, 1.54) is 42.7 Å². The van der Waals surface area contributed by atoms with Gasteiger partial charge in [-0.3, -0.25) is 39.4 Å². The first-order valence-corrected chi connectivity index (χ1v) is 43.2. The highest BCUT2D eigenvalue weighted by Gasteiger charge is 2.53. The van der Waals surface area contributed by atoms with Gasteiger partial charge in [0.2, 0.25) is 39.2 Å². The number of methoxy groups -OCH3 is 6. The Labute approximate surface area is 782 Å². The zero-order chi connectivity index (χ0) is 98.4. The molecule has 11 N–H and O–H groups in total. The number of benzene rings is 9. The lowest BCUT2D eigenvalue weighted by Crippen LogP contribution is -2.66. The van der Waals surface area contributed by atoms with Crippen LogP contribution in [0.3, 0.4) is 0 Å². The molecule has 3 fully saturated rings. The monoisotopic (exact) mass is 1920 g/mol. The van der Waals surface area contributed by atoms with Crippen molar-refractivity contribution in [2.45, 2.75) is 184 Å². The largest absolute Gasteiger partial charge is 0.493 e. The molecule has 3 saturated heterocycles. The molecule has 9 aromatic carbocycles. The minimum absolute atomic E-state index is 0.0440. The lowest BCUT2D eigenvalue weighted by Gasteiger charge is -2.44. The first kappa shape index (κ1) is 96.7. The molecule has 732 valence electrons. The highest BCUT2D eigenvalue weighted by molar-refractivity contribution is 6.17. The van der Waals surface area contributed by atoms with Gasteiger partial charge < -0.3 is 155 Å². The van der Waals surface area contributed by atoms with E-state index in [0.717, 1.165) is 13.8 Å². The number of nitrogens with one attached hydrogen (secondary N) is 2. The molecule has 0 aromatic heterocycles. The molecule has 0 bridgehead atoms. The summed E-state index contributed by atoms with van der Waals surface area (Å²) in [6.45, 7) is 6.61. The number of carbonyl (C=O) groups is 9. The fraction of sp³-hybridized carbons (Fsp3) is 0.400. The second-order valence-electron chi connectivity index (χ2n) is 33.0. The van der Waals surface area contributed by atoms with Crippen LogP contribution in [0.15, 0.2) is 91.0 Å². The Kier molecular flexibility index (Phi) is 28.1. The van der Waals surface area contributed by atoms with Crippen molar-refractivity contribution in [3.8, 4) is 120 Å². The standard InChI is InChI=1S/2C34H35NO15.C27H26O11/c1-14-28(35-20(32(40)41)6-8-25(37)38)31(49-15(2)36)29(39)34(48-14)50-30-18-11-23(44-4)22(43-3)10-17(18)26(27-19(30)12-45-33(27)42)16-5-7-21-24(9-16)47-13-46-21;1-14-28(35-20(32(40)41)6-8-25(37)38)29(39)31(49-15(2)36)34(48-14)50-30-18-11-23(44-4)22(43-3)10-17(18)26(27-19(30)12-45-33(27)42)16-5-7-21-24(9-16)47-13-46-21;1-11-22(28)23(29)24(30)27(37-11)38-25-14-8-18(33-3)17(32-2)7-13(14)20(21-15(25)9-34-26(21)31)12-4-5-16-19(6-12)36-10-35-16/h2*5,7,9-11,14,20,28-29,31,34-35,39H,6,8,12-13H2,1-4H3,(H,37,38)(H,40,41);4-8,11,22-24,27-30H,9-10H2,1-3H3/t2*14?,20-,28?,29?,31?,34?;/m00./s1. The second-order valence-corrected chi connectivity index (χ2v) is 33.0. The summed E-state index contributed by atoms with van der Waals surface area (Å²) in [5.41, 5.74) is 5.21. The Morgan fingerprint density at radius 1 is 0.355 bits per heavy atom. The number of hydrogen-bond donors (Lipinski definition) is 11. The molecule has 17 atom stereocenters. The summed E-state index contributed by atoms with van der Waals surface area (Å²) < 4.78 is 131. The van der Waals surface area contributed by atoms with Crippen LogP contribution in [0.4, 0.5) is 0 Å². The number of esters is 5. The van der Waals surface area contributed by atoms with Crippen molar-refractivity contribution in [1.29, 1.82) is 0 Å². The number of hydrogen-bond acceptors (Lipinski definition) is 39. The number of fused-ring (bicyclic) bond motifs is 9. The molecule has 15 unspecified atom stereocenters. The summed E-state index contributed by atoms with van der Waals surface area (Å²) in [5.74, 6) is -2.67. The maximum absolute atomic E-state index is 13.4. The van der Waals surface area contributed by atoms with Crippen LogP contribution in [0.2, 0.25) is 0 Å². The number of ether oxygens (including phenoxy) is 23. The summed E-state index contributed by atoms with van der Waals surface area (Å²) in [7, 11) is 8.84. The molecule has 18 rings (SSSR count). The first-order chi connectivity index (χ1) is 66.1. The van der Waals surface area contributed by atoms with E-state index in [1.54, 1.807) is 106 Å². The Balaban J connectivity index is 0.000000151. The van der Waals surface area contributed by atoms with E-state index < -0.39 is 171 Å². The molecular weight excluding hydrogens is 1830 g/mol. The van der Waals surface area contributed by atoms with Gasteiger partial charge in [-0.05, 0) is 139 Å². The maximum atomic E-state index is 13.4. The van der Waals surface area contributed by atoms with Crippen LogP contribution in [0.1, 0.15) is 108 Å². The summed E-state index contributed by atoms with van der Waals surface area (Å²) in [6, 6.07) is 21.0. The Bertz CT molecular complexity index is 6340. The van der Waals surface area contributed by atoms with Gasteiger partial charge in [-0.2, -0.15) is 0 Å². The Hall–Kier alpha value is -14.4. The molecule has 43 heteroatoms. The fourth-order valence-corrected chi connectivity index (χ4v) is 18.0. The van der Waals surface area contributed by atoms with Crippen molar-refractivity contribution in [3.63, 3.8) is 0 Å². The minimum atomic E-state index is -1.70. The Morgan fingerprint density at radius 3 is 1.01 bits per heavy atom. The molecule has 9 aliphatic heterocycles. The highest BCUT2D eigenvalue weighted by Crippen LogP contribution is 2.55. The van der Waals surface area contributed by atoms with Gasteiger partial charge in [-0.15, -0.1) is 0 Å². The third-order valence-corrected chi connectivity index (χ3v) is 24.7. The lowest BCUT2D eigenvalue weighted by atomic mass is 9.89. The zero-order valence-electron chi connectivity index (χ0n) is 75.6. The van der Waals surface area contributed by atoms with E-state index in [0.29, 0.717) is 151 Å². The van der Waals surface area contributed by atoms with Gasteiger partial charge in [0.15, 0.2) is 87.3 Å². The van der Waals surface area contributed by atoms with Gasteiger partial charge in [0.25, 0.3) is 0 Å². The molecule has 0 radical (unpaired) electrons. The molecule has 138 heavy (non-hydrogen) atoms. The molecule has 9 aliphatic rings. The van der Waals surface area contributed by atoms with Crippen molar-refractivity contribution in [2.24, 2.45) is 0 Å². The summed E-state index contributed by atoms with van der Waals surface area (Å²) in [4.78, 5) is 111. The van der Waals surface area contributed by atoms with Crippen LogP contribution in [0.5, 0.6) is 86.2 Å². The fourth-order valence-electron chi connectivity index (χ4n) is 18.0. The highest BCUT2D eigenvalue weighted by atomic mass is 16.7. The van der Waals surface area contributed by atoms with E-state index in [1.807, 2.05) is 6.07 Å². The maximum Gasteiger partial charge on any atom is 0.339 e. The molecule has 43 nitrogen and oxygen atoms in total. The molecular formula is C95H96N2O41. The second kappa shape index (κ2) is 40.1. The molecule has 9 aromatic rings. The molecule has 0 spiro atoms. The average Bonchev–Trinajstić information content (AvgIpc) is 1.44. The molecule has 9 heterocycles. The third kappa shape index (κ3) is 18.7. The SMILES string of the molecule is COc1cc2c(OC3OC(C)C(N[C@@H](CCC(=O)O)C(=O)O)C(O)C3OC(C)=O)c3c(c(-c4ccc5c(c4)OCO5)c2cc1OC)C(=O)OC3.COc1cc2c(OC3OC(C)C(N[C@@H](CCC(=O)O)C(=O)O)C(OC(C)=O)C3O)c3c(c(-c4ccc5c(c4)OCO5)c2cc1OC)C(=O)OC3.COc1cc2c(OC3OC(C)C(O)C(O)C3O)c3c(c(-c4ccc5c(c4)OCO5)c2cc1OC)C(=O)OC3. The van der Waals surface area contributed by atoms with Crippen molar-refractivity contribution in [1.82, 2.24) is 10.6 Å². The number of carboxylic acid groups (broad SMARTS) is 4. The van der Waals surface area contributed by atoms with Crippen LogP contribution < -0.4 is 81.7 Å². The van der Waals surface area contributed by atoms with E-state index in [-0.39, 0.29) is 87.0 Å². The van der Waals surface area contributed by atoms with E-state index in [4.69, 9.17) is 119 Å². The van der Waals surface area contributed by atoms with E-state index in [9.17, 15) is 78.9 Å². The van der Waals surface area contributed by atoms with Crippen molar-refractivity contribution >= 4 is 86.0 Å². The van der Waals surface area contributed by atoms with Crippen LogP contribution >= 0.6 is 0 Å². The number of aliphatic hydroxyl groups is 5. The topological polar surface area (TPSA) is 572 Å². The van der Waals surface area contributed by atoms with Crippen molar-refractivity contribution < 1.29 is 198 Å². The predicted octanol–water partition coefficient (Wildman–Crippen LogP) is 7.36. The minimum Gasteiger partial charge on any atom is -0.493 e. The van der Waals surface area contributed by atoms with Crippen LogP contribution in [-0.2, 0) is 86.5 Å². The van der Waals surface area contributed by atoms with Crippen molar-refractivity contribution in [3.05, 3.63) is 124 Å². The normalized spacial score (nSPS) is 23.6. The number of aliphatic carboxylic acids is 4. The van der Waals surface area contributed by atoms with Gasteiger partial charge in [0.1, 0.15) is 73.6 Å². The summed E-state index contributed by atoms with van der Waals surface area (Å²) in [5, 5.41) is 100. The molecule has 0 saturated carbocycles. The number of cyclic esters (lactones) is 3. The Morgan fingerprint density at radius 2 is 0.667 bits per heavy atom. The van der Waals surface area contributed by atoms with Crippen LogP contribution in [0, 0.1) is 0 Å².